The Kier molecular flexibility index (Phi) is 4.63. The van der Waals surface area contributed by atoms with Crippen molar-refractivity contribution in [2.45, 2.75) is 20.4 Å². The van der Waals surface area contributed by atoms with Gasteiger partial charge in [0.2, 0.25) is 0 Å². The van der Waals surface area contributed by atoms with E-state index in [0.29, 0.717) is 18.7 Å². The molecule has 0 bridgehead atoms. The molecule has 3 rings (SSSR count). The minimum absolute atomic E-state index is 0.00426. The summed E-state index contributed by atoms with van der Waals surface area (Å²) in [5.41, 5.74) is 2.39. The van der Waals surface area contributed by atoms with Gasteiger partial charge in [0.1, 0.15) is 5.76 Å². The molecule has 2 aromatic heterocycles. The summed E-state index contributed by atoms with van der Waals surface area (Å²) >= 11 is 0.982. The van der Waals surface area contributed by atoms with Gasteiger partial charge in [-0.3, -0.25) is 19.8 Å². The standard InChI is InChI=1S/C15H18N4O4S/c1-10-13(11(2)23-16-10)8-17-3-5-18(6-4-17)15(20)12-7-14(19(21)22)24-9-12/h7,9H,3-6,8H2,1-2H3. The van der Waals surface area contributed by atoms with Crippen LogP contribution in [0.1, 0.15) is 27.4 Å². The zero-order chi connectivity index (χ0) is 17.3. The van der Waals surface area contributed by atoms with Gasteiger partial charge in [-0.15, -0.1) is 0 Å². The monoisotopic (exact) mass is 350 g/mol. The van der Waals surface area contributed by atoms with Crippen LogP contribution < -0.4 is 0 Å². The maximum atomic E-state index is 12.4. The zero-order valence-electron chi connectivity index (χ0n) is 13.5. The van der Waals surface area contributed by atoms with Crippen molar-refractivity contribution in [2.24, 2.45) is 0 Å². The van der Waals surface area contributed by atoms with Crippen molar-refractivity contribution in [2.75, 3.05) is 26.2 Å². The Balaban J connectivity index is 1.58. The Morgan fingerprint density at radius 3 is 2.62 bits per heavy atom. The summed E-state index contributed by atoms with van der Waals surface area (Å²) < 4.78 is 5.18. The van der Waals surface area contributed by atoms with Crippen LogP contribution in [0.25, 0.3) is 0 Å². The summed E-state index contributed by atoms with van der Waals surface area (Å²) in [6.07, 6.45) is 0. The van der Waals surface area contributed by atoms with Crippen LogP contribution in [0.5, 0.6) is 0 Å². The third-order valence-electron chi connectivity index (χ3n) is 4.23. The lowest BCUT2D eigenvalue weighted by atomic mass is 10.1. The first kappa shape index (κ1) is 16.6. The number of carbonyl (C=O) groups is 1. The maximum Gasteiger partial charge on any atom is 0.324 e. The number of carbonyl (C=O) groups excluding carboxylic acids is 1. The Morgan fingerprint density at radius 1 is 1.38 bits per heavy atom. The van der Waals surface area contributed by atoms with Crippen LogP contribution in [-0.2, 0) is 6.54 Å². The van der Waals surface area contributed by atoms with Gasteiger partial charge in [-0.1, -0.05) is 16.5 Å². The molecule has 128 valence electrons. The summed E-state index contributed by atoms with van der Waals surface area (Å²) in [5.74, 6) is 0.688. The molecule has 0 saturated carbocycles. The van der Waals surface area contributed by atoms with Gasteiger partial charge in [-0.25, -0.2) is 0 Å². The van der Waals surface area contributed by atoms with E-state index in [9.17, 15) is 14.9 Å². The topological polar surface area (TPSA) is 92.7 Å². The lowest BCUT2D eigenvalue weighted by molar-refractivity contribution is -0.380. The summed E-state index contributed by atoms with van der Waals surface area (Å²) in [6, 6.07) is 1.35. The molecule has 0 aromatic carbocycles. The number of nitrogens with zero attached hydrogens (tertiary/aromatic N) is 4. The summed E-state index contributed by atoms with van der Waals surface area (Å²) in [7, 11) is 0. The number of aryl methyl sites for hydroxylation is 2. The highest BCUT2D eigenvalue weighted by atomic mass is 32.1. The molecule has 1 aliphatic heterocycles. The van der Waals surface area contributed by atoms with Gasteiger partial charge < -0.3 is 9.42 Å². The van der Waals surface area contributed by atoms with E-state index < -0.39 is 4.92 Å². The highest BCUT2D eigenvalue weighted by molar-refractivity contribution is 7.13. The van der Waals surface area contributed by atoms with Crippen molar-refractivity contribution in [3.63, 3.8) is 0 Å². The number of nitro groups is 1. The van der Waals surface area contributed by atoms with Crippen LogP contribution in [0.15, 0.2) is 16.0 Å². The van der Waals surface area contributed by atoms with E-state index >= 15 is 0 Å². The summed E-state index contributed by atoms with van der Waals surface area (Å²) in [5, 5.41) is 16.2. The minimum atomic E-state index is -0.469. The van der Waals surface area contributed by atoms with E-state index in [1.807, 2.05) is 13.8 Å². The van der Waals surface area contributed by atoms with Gasteiger partial charge >= 0.3 is 5.00 Å². The van der Waals surface area contributed by atoms with Gasteiger partial charge in [0, 0.05) is 49.7 Å². The molecular weight excluding hydrogens is 332 g/mol. The molecule has 0 unspecified atom stereocenters. The molecule has 0 N–H and O–H groups in total. The third kappa shape index (κ3) is 3.31. The zero-order valence-corrected chi connectivity index (χ0v) is 14.3. The molecule has 0 atom stereocenters. The van der Waals surface area contributed by atoms with Crippen LogP contribution >= 0.6 is 11.3 Å². The summed E-state index contributed by atoms with van der Waals surface area (Å²) in [4.78, 5) is 26.7. The molecule has 8 nitrogen and oxygen atoms in total. The first-order valence-corrected chi connectivity index (χ1v) is 8.50. The molecular formula is C15H18N4O4S. The highest BCUT2D eigenvalue weighted by Gasteiger charge is 2.25. The van der Waals surface area contributed by atoms with Gasteiger partial charge in [0.25, 0.3) is 5.91 Å². The molecule has 0 aliphatic carbocycles. The molecule has 2 aromatic rings. The van der Waals surface area contributed by atoms with Crippen molar-refractivity contribution in [3.8, 4) is 0 Å². The summed E-state index contributed by atoms with van der Waals surface area (Å²) in [6.45, 7) is 7.29. The highest BCUT2D eigenvalue weighted by Crippen LogP contribution is 2.24. The Bertz CT molecular complexity index is 742. The van der Waals surface area contributed by atoms with E-state index in [2.05, 4.69) is 10.1 Å². The fourth-order valence-electron chi connectivity index (χ4n) is 2.78. The number of rotatable bonds is 4. The Hall–Kier alpha value is -2.26. The van der Waals surface area contributed by atoms with Crippen molar-refractivity contribution in [1.82, 2.24) is 15.0 Å². The first-order valence-electron chi connectivity index (χ1n) is 7.62. The third-order valence-corrected chi connectivity index (χ3v) is 5.12. The molecule has 1 fully saturated rings. The van der Waals surface area contributed by atoms with Gasteiger partial charge in [-0.2, -0.15) is 0 Å². The van der Waals surface area contributed by atoms with Crippen molar-refractivity contribution in [3.05, 3.63) is 44.1 Å². The fraction of sp³-hybridized carbons (Fsp3) is 0.467. The van der Waals surface area contributed by atoms with Crippen LogP contribution in [0.2, 0.25) is 0 Å². The molecule has 1 aliphatic rings. The number of thiophene rings is 1. The van der Waals surface area contributed by atoms with Crippen LogP contribution in [0, 0.1) is 24.0 Å². The number of piperazine rings is 1. The smallest absolute Gasteiger partial charge is 0.324 e. The lowest BCUT2D eigenvalue weighted by Crippen LogP contribution is -2.48. The second kappa shape index (κ2) is 6.70. The largest absolute Gasteiger partial charge is 0.361 e. The Morgan fingerprint density at radius 2 is 2.08 bits per heavy atom. The minimum Gasteiger partial charge on any atom is -0.361 e. The normalized spacial score (nSPS) is 15.7. The second-order valence-corrected chi connectivity index (χ2v) is 6.69. The molecule has 0 spiro atoms. The average molecular weight is 350 g/mol. The number of hydrogen-bond acceptors (Lipinski definition) is 7. The van der Waals surface area contributed by atoms with Gasteiger partial charge in [-0.05, 0) is 13.8 Å². The Labute approximate surface area is 142 Å². The SMILES string of the molecule is Cc1noc(C)c1CN1CCN(C(=O)c2csc([N+](=O)[O-])c2)CC1. The van der Waals surface area contributed by atoms with Gasteiger partial charge in [0.15, 0.2) is 0 Å². The van der Waals surface area contributed by atoms with E-state index in [1.54, 1.807) is 10.3 Å². The quantitative estimate of drug-likeness (QED) is 0.620. The van der Waals surface area contributed by atoms with E-state index in [4.69, 9.17) is 4.52 Å². The molecule has 9 heteroatoms. The maximum absolute atomic E-state index is 12.4. The van der Waals surface area contributed by atoms with Crippen LogP contribution in [-0.4, -0.2) is 52.0 Å². The van der Waals surface area contributed by atoms with Crippen molar-refractivity contribution >= 4 is 22.2 Å². The van der Waals surface area contributed by atoms with Crippen molar-refractivity contribution in [1.29, 1.82) is 0 Å². The molecule has 1 saturated heterocycles. The van der Waals surface area contributed by atoms with Crippen molar-refractivity contribution < 1.29 is 14.2 Å². The average Bonchev–Trinajstić information content (AvgIpc) is 3.18. The molecule has 0 radical (unpaired) electrons. The predicted molar refractivity (Wildman–Crippen MR) is 88.1 cm³/mol. The number of aromatic nitrogens is 1. The van der Waals surface area contributed by atoms with Gasteiger partial charge in [0.05, 0.1) is 16.2 Å². The van der Waals surface area contributed by atoms with Crippen LogP contribution in [0.4, 0.5) is 5.00 Å². The van der Waals surface area contributed by atoms with E-state index in [0.717, 1.165) is 48.0 Å². The number of hydrogen-bond donors (Lipinski definition) is 0. The lowest BCUT2D eigenvalue weighted by Gasteiger charge is -2.34. The van der Waals surface area contributed by atoms with E-state index in [1.165, 1.54) is 6.07 Å². The molecule has 3 heterocycles. The van der Waals surface area contributed by atoms with E-state index in [-0.39, 0.29) is 10.9 Å². The second-order valence-electron chi connectivity index (χ2n) is 5.80. The molecule has 24 heavy (non-hydrogen) atoms. The fourth-order valence-corrected chi connectivity index (χ4v) is 3.47. The molecule has 1 amide bonds. The predicted octanol–water partition coefficient (Wildman–Crippen LogP) is 2.22. The number of amides is 1. The van der Waals surface area contributed by atoms with Crippen LogP contribution in [0.3, 0.4) is 0 Å². The first-order chi connectivity index (χ1) is 11.5.